The van der Waals surface area contributed by atoms with Crippen LogP contribution in [0.3, 0.4) is 0 Å². The lowest BCUT2D eigenvalue weighted by Crippen LogP contribution is -2.60. The number of methoxy groups -OCH3 is 2. The minimum absolute atomic E-state index is 0.0129. The summed E-state index contributed by atoms with van der Waals surface area (Å²) in [5.41, 5.74) is -0.167. The third-order valence-electron chi connectivity index (χ3n) is 8.50. The highest BCUT2D eigenvalue weighted by molar-refractivity contribution is 8.00. The van der Waals surface area contributed by atoms with E-state index in [0.29, 0.717) is 13.0 Å². The molecule has 45 heavy (non-hydrogen) atoms. The van der Waals surface area contributed by atoms with Crippen LogP contribution in [0.4, 0.5) is 4.79 Å². The minimum atomic E-state index is -1.05. The Hall–Kier alpha value is -2.52. The molecule has 1 saturated carbocycles. The standard InChI is InChI=1S/C31H49N3O10S/c1-18(2)9-10-22-30(6,44-22)26-25(40-7)19(11-12-31(26)17-43-31)33-28(39)34-24(37)16-45-15-20(27(38)41-8)32-23(36)14-42-13-21(35)29(3,4)5/h9,19-20,22,25-26H,10-17H2,1-8H3,(H,32,36)(H2,33,34,37,39)/t19-,20?,22-,25-,26-,30?,31+/m1/s1. The van der Waals surface area contributed by atoms with Gasteiger partial charge in [0, 0.05) is 24.2 Å². The van der Waals surface area contributed by atoms with E-state index >= 15 is 0 Å². The van der Waals surface area contributed by atoms with Crippen molar-refractivity contribution in [2.45, 2.75) is 96.3 Å². The number of imide groups is 1. The molecule has 2 saturated heterocycles. The van der Waals surface area contributed by atoms with Gasteiger partial charge in [-0.2, -0.15) is 0 Å². The molecule has 1 spiro atoms. The number of epoxide rings is 2. The van der Waals surface area contributed by atoms with Crippen molar-refractivity contribution in [3.8, 4) is 0 Å². The highest BCUT2D eigenvalue weighted by Gasteiger charge is 2.71. The van der Waals surface area contributed by atoms with Gasteiger partial charge in [-0.05, 0) is 40.0 Å². The number of carbonyl (C=O) groups is 5. The van der Waals surface area contributed by atoms with Crippen LogP contribution >= 0.6 is 11.8 Å². The number of ether oxygens (including phenoxy) is 5. The fraction of sp³-hybridized carbons (Fsp3) is 0.774. The molecule has 254 valence electrons. The fourth-order valence-electron chi connectivity index (χ4n) is 5.78. The van der Waals surface area contributed by atoms with E-state index in [9.17, 15) is 24.0 Å². The Balaban J connectivity index is 1.47. The molecule has 2 heterocycles. The lowest BCUT2D eigenvalue weighted by molar-refractivity contribution is -0.145. The van der Waals surface area contributed by atoms with Crippen molar-refractivity contribution in [2.75, 3.05) is 45.5 Å². The monoisotopic (exact) mass is 655 g/mol. The average molecular weight is 656 g/mol. The molecular weight excluding hydrogens is 606 g/mol. The number of esters is 1. The molecule has 2 aliphatic heterocycles. The Morgan fingerprint density at radius 1 is 1.09 bits per heavy atom. The van der Waals surface area contributed by atoms with Crippen molar-refractivity contribution in [1.29, 1.82) is 0 Å². The molecule has 13 nitrogen and oxygen atoms in total. The summed E-state index contributed by atoms with van der Waals surface area (Å²) < 4.78 is 28.0. The number of rotatable bonds is 15. The van der Waals surface area contributed by atoms with E-state index in [1.54, 1.807) is 27.9 Å². The predicted molar refractivity (Wildman–Crippen MR) is 167 cm³/mol. The maximum absolute atomic E-state index is 12.8. The van der Waals surface area contributed by atoms with Gasteiger partial charge in [-0.25, -0.2) is 9.59 Å². The first-order valence-electron chi connectivity index (χ1n) is 15.2. The van der Waals surface area contributed by atoms with Crippen molar-refractivity contribution in [1.82, 2.24) is 16.0 Å². The molecule has 3 aliphatic rings. The van der Waals surface area contributed by atoms with Crippen molar-refractivity contribution in [3.63, 3.8) is 0 Å². The van der Waals surface area contributed by atoms with Gasteiger partial charge < -0.3 is 34.3 Å². The quantitative estimate of drug-likeness (QED) is 0.134. The molecule has 0 aromatic carbocycles. The summed E-state index contributed by atoms with van der Waals surface area (Å²) in [5, 5.41) is 7.73. The van der Waals surface area contributed by atoms with Gasteiger partial charge in [0.05, 0.1) is 43.3 Å². The molecule has 0 aromatic heterocycles. The lowest BCUT2D eigenvalue weighted by Gasteiger charge is -2.43. The van der Waals surface area contributed by atoms with E-state index in [4.69, 9.17) is 23.7 Å². The number of allylic oxidation sites excluding steroid dienone is 1. The Labute approximate surface area is 269 Å². The predicted octanol–water partition coefficient (Wildman–Crippen LogP) is 1.91. The normalized spacial score (nSPS) is 29.2. The van der Waals surface area contributed by atoms with E-state index in [2.05, 4.69) is 42.8 Å². The second-order valence-electron chi connectivity index (χ2n) is 13.3. The highest BCUT2D eigenvalue weighted by Crippen LogP contribution is 2.59. The summed E-state index contributed by atoms with van der Waals surface area (Å²) in [5.74, 6) is -2.28. The van der Waals surface area contributed by atoms with Crippen LogP contribution in [0, 0.1) is 11.3 Å². The van der Waals surface area contributed by atoms with Crippen molar-refractivity contribution in [3.05, 3.63) is 11.6 Å². The minimum Gasteiger partial charge on any atom is -0.467 e. The lowest BCUT2D eigenvalue weighted by atomic mass is 9.67. The molecule has 14 heteroatoms. The molecule has 0 radical (unpaired) electrons. The summed E-state index contributed by atoms with van der Waals surface area (Å²) in [6, 6.07) is -2.07. The Kier molecular flexibility index (Phi) is 12.6. The topological polar surface area (TPSA) is 174 Å². The van der Waals surface area contributed by atoms with Gasteiger partial charge in [-0.1, -0.05) is 32.4 Å². The molecule has 3 N–H and O–H groups in total. The highest BCUT2D eigenvalue weighted by atomic mass is 32.2. The number of amides is 4. The van der Waals surface area contributed by atoms with Crippen LogP contribution in [-0.2, 0) is 42.9 Å². The van der Waals surface area contributed by atoms with E-state index in [0.717, 1.165) is 24.6 Å². The van der Waals surface area contributed by atoms with Gasteiger partial charge in [0.25, 0.3) is 0 Å². The maximum atomic E-state index is 12.8. The van der Waals surface area contributed by atoms with Crippen LogP contribution in [0.5, 0.6) is 0 Å². The molecule has 0 aromatic rings. The average Bonchev–Trinajstić information content (AvgIpc) is 3.87. The van der Waals surface area contributed by atoms with E-state index in [-0.39, 0.29) is 53.7 Å². The zero-order valence-electron chi connectivity index (χ0n) is 27.6. The third kappa shape index (κ3) is 9.98. The fourth-order valence-corrected chi connectivity index (χ4v) is 6.61. The second kappa shape index (κ2) is 15.4. The molecule has 0 bridgehead atoms. The largest absolute Gasteiger partial charge is 0.467 e. The zero-order valence-corrected chi connectivity index (χ0v) is 28.4. The van der Waals surface area contributed by atoms with Gasteiger partial charge in [-0.15, -0.1) is 11.8 Å². The van der Waals surface area contributed by atoms with Crippen LogP contribution in [0.2, 0.25) is 0 Å². The SMILES string of the molecule is COC(=O)C(CSCC(=O)NC(=O)N[C@@H]1CC[C@]2(CO2)[C@@H](C2(C)O[C@@H]2CC=C(C)C)[C@@H]1OC)NC(=O)COCC(=O)C(C)(C)C. The third-order valence-corrected chi connectivity index (χ3v) is 9.54. The smallest absolute Gasteiger partial charge is 0.329 e. The first-order valence-corrected chi connectivity index (χ1v) is 16.4. The van der Waals surface area contributed by atoms with E-state index in [1.165, 1.54) is 12.7 Å². The van der Waals surface area contributed by atoms with Crippen LogP contribution in [-0.4, -0.2) is 111 Å². The maximum Gasteiger partial charge on any atom is 0.329 e. The summed E-state index contributed by atoms with van der Waals surface area (Å²) in [6.07, 6.45) is 3.96. The van der Waals surface area contributed by atoms with Crippen molar-refractivity contribution in [2.24, 2.45) is 11.3 Å². The number of thioether (sulfide) groups is 1. The summed E-state index contributed by atoms with van der Waals surface area (Å²) in [6.45, 7) is 11.4. The number of carbonyl (C=O) groups excluding carboxylic acids is 5. The van der Waals surface area contributed by atoms with Gasteiger partial charge in [-0.3, -0.25) is 19.7 Å². The number of Topliss-reactive ketones (excluding diaryl/α,β-unsaturated/α-hetero) is 1. The van der Waals surface area contributed by atoms with E-state index in [1.807, 2.05) is 0 Å². The van der Waals surface area contributed by atoms with Crippen molar-refractivity contribution >= 4 is 41.4 Å². The molecule has 3 rings (SSSR count). The Morgan fingerprint density at radius 2 is 1.78 bits per heavy atom. The second-order valence-corrected chi connectivity index (χ2v) is 14.4. The Morgan fingerprint density at radius 3 is 2.36 bits per heavy atom. The van der Waals surface area contributed by atoms with Gasteiger partial charge in [0.1, 0.15) is 24.9 Å². The van der Waals surface area contributed by atoms with Gasteiger partial charge >= 0.3 is 12.0 Å². The number of nitrogens with one attached hydrogen (secondary N) is 3. The first kappa shape index (κ1) is 36.9. The molecule has 1 aliphatic carbocycles. The van der Waals surface area contributed by atoms with Crippen molar-refractivity contribution < 1.29 is 47.7 Å². The summed E-state index contributed by atoms with van der Waals surface area (Å²) in [4.78, 5) is 61.8. The molecule has 3 fully saturated rings. The van der Waals surface area contributed by atoms with Crippen LogP contribution in [0.1, 0.15) is 60.8 Å². The van der Waals surface area contributed by atoms with E-state index < -0.39 is 47.5 Å². The summed E-state index contributed by atoms with van der Waals surface area (Å²) >= 11 is 1.04. The van der Waals surface area contributed by atoms with Gasteiger partial charge in [0.15, 0.2) is 5.78 Å². The van der Waals surface area contributed by atoms with Crippen LogP contribution in [0.25, 0.3) is 0 Å². The zero-order chi connectivity index (χ0) is 33.6. The number of hydrogen-bond acceptors (Lipinski definition) is 11. The number of hydrogen-bond donors (Lipinski definition) is 3. The Bertz CT molecular complexity index is 1150. The van der Waals surface area contributed by atoms with Crippen LogP contribution in [0.15, 0.2) is 11.6 Å². The number of urea groups is 1. The molecule has 4 amide bonds. The molecule has 7 atom stereocenters. The number of ketones is 1. The molecule has 2 unspecified atom stereocenters. The van der Waals surface area contributed by atoms with Gasteiger partial charge in [0.2, 0.25) is 11.8 Å². The first-order chi connectivity index (χ1) is 21.1. The molecular formula is C31H49N3O10S. The summed E-state index contributed by atoms with van der Waals surface area (Å²) in [7, 11) is 2.79. The van der Waals surface area contributed by atoms with Crippen LogP contribution < -0.4 is 16.0 Å².